The van der Waals surface area contributed by atoms with Crippen molar-refractivity contribution in [2.75, 3.05) is 34.0 Å². The first-order valence-electron chi connectivity index (χ1n) is 18.9. The molecule has 0 saturated carbocycles. The summed E-state index contributed by atoms with van der Waals surface area (Å²) in [5.74, 6) is -1.88. The molecule has 334 valence electrons. The number of benzene rings is 2. The summed E-state index contributed by atoms with van der Waals surface area (Å²) in [5, 5.41) is 94.6. The van der Waals surface area contributed by atoms with Crippen LogP contribution >= 0.6 is 0 Å². The van der Waals surface area contributed by atoms with E-state index in [2.05, 4.69) is 0 Å². The van der Waals surface area contributed by atoms with Crippen molar-refractivity contribution in [2.45, 2.75) is 112 Å². The van der Waals surface area contributed by atoms with Gasteiger partial charge in [-0.15, -0.1) is 0 Å². The minimum atomic E-state index is -1.86. The molecule has 3 aliphatic heterocycles. The second-order valence-electron chi connectivity index (χ2n) is 14.2. The van der Waals surface area contributed by atoms with Crippen LogP contribution in [0.5, 0.6) is 23.0 Å². The quantitative estimate of drug-likeness (QED) is 0.0650. The summed E-state index contributed by atoms with van der Waals surface area (Å²) >= 11 is 0. The Hall–Kier alpha value is -4.20. The van der Waals surface area contributed by atoms with Crippen molar-refractivity contribution in [3.8, 4) is 23.0 Å². The van der Waals surface area contributed by atoms with Crippen LogP contribution in [0, 0.1) is 0 Å². The molecule has 0 bridgehead atoms. The zero-order valence-electron chi connectivity index (χ0n) is 33.0. The van der Waals surface area contributed by atoms with Crippen molar-refractivity contribution >= 4 is 18.0 Å². The topological polar surface area (TPSA) is 309 Å². The fourth-order valence-corrected chi connectivity index (χ4v) is 6.76. The maximum atomic E-state index is 13.5. The van der Waals surface area contributed by atoms with E-state index in [4.69, 9.17) is 47.4 Å². The van der Waals surface area contributed by atoms with Crippen molar-refractivity contribution in [3.05, 3.63) is 53.6 Å². The van der Waals surface area contributed by atoms with E-state index in [0.29, 0.717) is 11.1 Å². The molecule has 0 unspecified atom stereocenters. The second kappa shape index (κ2) is 21.1. The molecule has 3 aliphatic rings. The van der Waals surface area contributed by atoms with Crippen LogP contribution in [0.25, 0.3) is 6.08 Å². The number of carbonyl (C=O) groups excluding carboxylic acids is 2. The number of esters is 2. The number of aliphatic hydroxyl groups is 7. The Bertz CT molecular complexity index is 1760. The highest BCUT2D eigenvalue weighted by Gasteiger charge is 2.54. The molecule has 9 N–H and O–H groups in total. The largest absolute Gasteiger partial charge is 0.504 e. The van der Waals surface area contributed by atoms with Crippen molar-refractivity contribution < 1.29 is 103 Å². The standard InChI is InChI=1S/C39H52O21/c1-17-28(45)31(48)36(56-18(2)41)39(55-17)60-35-33(50)38(53-12-11-20-6-9-23(51-3)22(43)13-20)58-26(16-54-37-32(49)30(47)29(46)25(15-40)57-37)34(35)59-27(44)10-7-19-5-8-21(42)24(14-19)52-4/h5-10,13-14,17,25-26,28-40,42-43,45-50H,11-12,15-16H2,1-4H3/t17-,25+,26+,28+,29-,30+,31+,32-,33-,34+,35-,36-,37+,38+,39+/m0/s1. The monoisotopic (exact) mass is 856 g/mol. The molecule has 21 nitrogen and oxygen atoms in total. The third-order valence-electron chi connectivity index (χ3n) is 10.0. The fourth-order valence-electron chi connectivity index (χ4n) is 6.76. The number of rotatable bonds is 16. The Morgan fingerprint density at radius 1 is 0.700 bits per heavy atom. The zero-order valence-corrected chi connectivity index (χ0v) is 33.0. The number of hydrogen-bond donors (Lipinski definition) is 9. The van der Waals surface area contributed by atoms with Gasteiger partial charge < -0.3 is 93.3 Å². The van der Waals surface area contributed by atoms with Gasteiger partial charge in [0, 0.05) is 13.0 Å². The van der Waals surface area contributed by atoms with Crippen LogP contribution in [0.3, 0.4) is 0 Å². The lowest BCUT2D eigenvalue weighted by atomic mass is 9.96. The molecule has 0 aromatic heterocycles. The molecule has 0 radical (unpaired) electrons. The van der Waals surface area contributed by atoms with Crippen LogP contribution in [0.4, 0.5) is 0 Å². The number of phenols is 2. The van der Waals surface area contributed by atoms with Crippen LogP contribution < -0.4 is 9.47 Å². The van der Waals surface area contributed by atoms with Gasteiger partial charge in [-0.05, 0) is 54.8 Å². The molecule has 0 amide bonds. The molecule has 3 saturated heterocycles. The highest BCUT2D eigenvalue weighted by atomic mass is 16.8. The maximum Gasteiger partial charge on any atom is 0.331 e. The lowest BCUT2D eigenvalue weighted by molar-refractivity contribution is -0.364. The van der Waals surface area contributed by atoms with Gasteiger partial charge >= 0.3 is 11.9 Å². The second-order valence-corrected chi connectivity index (χ2v) is 14.2. The minimum absolute atomic E-state index is 0.111. The van der Waals surface area contributed by atoms with E-state index >= 15 is 0 Å². The summed E-state index contributed by atoms with van der Waals surface area (Å²) in [6.45, 7) is 0.848. The lowest BCUT2D eigenvalue weighted by Crippen LogP contribution is -2.66. The van der Waals surface area contributed by atoms with Gasteiger partial charge in [0.2, 0.25) is 0 Å². The minimum Gasteiger partial charge on any atom is -0.504 e. The molecule has 60 heavy (non-hydrogen) atoms. The number of aromatic hydroxyl groups is 2. The Morgan fingerprint density at radius 2 is 1.40 bits per heavy atom. The van der Waals surface area contributed by atoms with E-state index < -0.39 is 117 Å². The molecule has 21 heteroatoms. The first-order valence-corrected chi connectivity index (χ1v) is 18.9. The predicted octanol–water partition coefficient (Wildman–Crippen LogP) is -2.01. The van der Waals surface area contributed by atoms with Crippen molar-refractivity contribution in [1.82, 2.24) is 0 Å². The van der Waals surface area contributed by atoms with E-state index in [1.54, 1.807) is 6.07 Å². The van der Waals surface area contributed by atoms with Gasteiger partial charge in [-0.25, -0.2) is 4.79 Å². The zero-order chi connectivity index (χ0) is 43.8. The summed E-state index contributed by atoms with van der Waals surface area (Å²) in [7, 11) is 2.72. The third-order valence-corrected chi connectivity index (χ3v) is 10.0. The predicted molar refractivity (Wildman–Crippen MR) is 199 cm³/mol. The van der Waals surface area contributed by atoms with Crippen LogP contribution in [0.1, 0.15) is 25.0 Å². The molecule has 5 rings (SSSR count). The van der Waals surface area contributed by atoms with Gasteiger partial charge in [0.1, 0.15) is 54.9 Å². The van der Waals surface area contributed by atoms with Gasteiger partial charge in [0.25, 0.3) is 0 Å². The average Bonchev–Trinajstić information content (AvgIpc) is 3.22. The average molecular weight is 857 g/mol. The van der Waals surface area contributed by atoms with E-state index in [1.165, 1.54) is 57.6 Å². The van der Waals surface area contributed by atoms with Crippen LogP contribution in [-0.4, -0.2) is 184 Å². The van der Waals surface area contributed by atoms with Gasteiger partial charge in [-0.3, -0.25) is 4.79 Å². The summed E-state index contributed by atoms with van der Waals surface area (Å²) in [5.41, 5.74) is 0.997. The lowest BCUT2D eigenvalue weighted by Gasteiger charge is -2.47. The molecular weight excluding hydrogens is 804 g/mol. The van der Waals surface area contributed by atoms with E-state index in [1.807, 2.05) is 0 Å². The molecule has 0 aliphatic carbocycles. The van der Waals surface area contributed by atoms with E-state index in [0.717, 1.165) is 13.0 Å². The highest BCUT2D eigenvalue weighted by molar-refractivity contribution is 5.87. The number of carbonyl (C=O) groups is 2. The highest BCUT2D eigenvalue weighted by Crippen LogP contribution is 2.34. The number of phenolic OH excluding ortho intramolecular Hbond substituents is 2. The molecule has 0 spiro atoms. The number of ether oxygens (including phenoxy) is 10. The van der Waals surface area contributed by atoms with Gasteiger partial charge in [0.15, 0.2) is 54.1 Å². The van der Waals surface area contributed by atoms with Crippen LogP contribution in [-0.2, 0) is 53.9 Å². The molecule has 15 atom stereocenters. The molecule has 3 heterocycles. The normalized spacial score (nSPS) is 34.5. The number of methoxy groups -OCH3 is 2. The maximum absolute atomic E-state index is 13.5. The number of aliphatic hydroxyl groups excluding tert-OH is 7. The smallest absolute Gasteiger partial charge is 0.331 e. The Morgan fingerprint density at radius 3 is 2.07 bits per heavy atom. The Balaban J connectivity index is 1.48. The summed E-state index contributed by atoms with van der Waals surface area (Å²) < 4.78 is 56.6. The summed E-state index contributed by atoms with van der Waals surface area (Å²) in [6, 6.07) is 8.88. The summed E-state index contributed by atoms with van der Waals surface area (Å²) in [4.78, 5) is 25.7. The number of hydrogen-bond acceptors (Lipinski definition) is 21. The molecular formula is C39H52O21. The fraction of sp³-hybridized carbons (Fsp3) is 0.590. The van der Waals surface area contributed by atoms with Crippen LogP contribution in [0.15, 0.2) is 42.5 Å². The third kappa shape index (κ3) is 11.2. The van der Waals surface area contributed by atoms with Crippen molar-refractivity contribution in [3.63, 3.8) is 0 Å². The van der Waals surface area contributed by atoms with Gasteiger partial charge in [-0.2, -0.15) is 0 Å². The van der Waals surface area contributed by atoms with Crippen molar-refractivity contribution in [1.29, 1.82) is 0 Å². The first kappa shape index (κ1) is 46.9. The molecule has 2 aromatic carbocycles. The van der Waals surface area contributed by atoms with E-state index in [9.17, 15) is 55.5 Å². The van der Waals surface area contributed by atoms with E-state index in [-0.39, 0.29) is 36.0 Å². The van der Waals surface area contributed by atoms with Gasteiger partial charge in [0.05, 0.1) is 40.1 Å². The van der Waals surface area contributed by atoms with Gasteiger partial charge in [-0.1, -0.05) is 12.1 Å². The van der Waals surface area contributed by atoms with Crippen LogP contribution in [0.2, 0.25) is 0 Å². The SMILES string of the molecule is COc1ccc(CCO[C@@H]2O[C@H](CO[C@@H]3O[C@H](CO)[C@H](O)[C@@H](O)[C@@H]3O)[C@@H](OC(=O)C=Cc3ccc(O)c(OC)c3)[C@@H](O[C@H]3O[C@@H](C)[C@@H](O)[C@@H](O)[C@@H]3OC(C)=O)[C@@H]2O)cc1O. The summed E-state index contributed by atoms with van der Waals surface area (Å²) in [6.07, 6.45) is -22.1. The van der Waals surface area contributed by atoms with Crippen molar-refractivity contribution in [2.24, 2.45) is 0 Å². The first-order chi connectivity index (χ1) is 28.6. The molecule has 2 aromatic rings. The Labute approximate surface area is 343 Å². The molecule has 3 fully saturated rings. The Kier molecular flexibility index (Phi) is 16.4.